The van der Waals surface area contributed by atoms with Gasteiger partial charge in [0.2, 0.25) is 23.8 Å². The molecule has 0 aliphatic carbocycles. The number of nitrogens with one attached hydrogen (secondary N) is 8. The fraction of sp³-hybridized carbons (Fsp3) is 0.347. The molecule has 0 amide bonds. The van der Waals surface area contributed by atoms with Gasteiger partial charge in [0.1, 0.15) is 5.82 Å². The van der Waals surface area contributed by atoms with Crippen LogP contribution < -0.4 is 47.4 Å². The Morgan fingerprint density at radius 1 is 0.414 bits per heavy atom. The lowest BCUT2D eigenvalue weighted by Crippen LogP contribution is -2.44. The van der Waals surface area contributed by atoms with Gasteiger partial charge in [0.25, 0.3) is 0 Å². The van der Waals surface area contributed by atoms with Gasteiger partial charge in [-0.2, -0.15) is 0 Å². The van der Waals surface area contributed by atoms with Crippen LogP contribution in [0.3, 0.4) is 0 Å². The van der Waals surface area contributed by atoms with Gasteiger partial charge in [-0.1, -0.05) is 117 Å². The smallest absolute Gasteiger partial charge is 0.227 e. The van der Waals surface area contributed by atoms with Crippen LogP contribution in [-0.4, -0.2) is 193 Å². The second kappa shape index (κ2) is 42.2. The van der Waals surface area contributed by atoms with Gasteiger partial charge in [0.05, 0.1) is 88.8 Å². The summed E-state index contributed by atoms with van der Waals surface area (Å²) >= 11 is 28.3. The minimum Gasteiger partial charge on any atom is -0.354 e. The van der Waals surface area contributed by atoms with Gasteiger partial charge in [0.15, 0.2) is 0 Å². The summed E-state index contributed by atoms with van der Waals surface area (Å²) < 4.78 is 0. The Balaban J connectivity index is 0.000000132. The van der Waals surface area contributed by atoms with E-state index in [1.54, 1.807) is 0 Å². The van der Waals surface area contributed by atoms with Gasteiger partial charge in [-0.05, 0) is 241 Å². The number of rotatable bonds is 21. The molecule has 14 heterocycles. The van der Waals surface area contributed by atoms with Gasteiger partial charge >= 0.3 is 0 Å². The van der Waals surface area contributed by atoms with E-state index in [-0.39, 0.29) is 0 Å². The number of pyridine rings is 4. The van der Waals surface area contributed by atoms with Gasteiger partial charge in [-0.3, -0.25) is 15.0 Å². The second-order valence-electron chi connectivity index (χ2n) is 34.3. The molecule has 0 saturated carbocycles. The van der Waals surface area contributed by atoms with Crippen molar-refractivity contribution in [1.29, 1.82) is 0 Å². The molecule has 660 valence electrons. The number of halogens is 1. The second-order valence-corrected chi connectivity index (χ2v) is 36.7. The number of thiocarbonyl (C=S) groups is 4. The molecule has 30 heteroatoms. The van der Waals surface area contributed by atoms with Crippen LogP contribution in [0.4, 0.5) is 75.1 Å². The minimum absolute atomic E-state index is 0.537. The Morgan fingerprint density at radius 2 is 0.805 bits per heavy atom. The fourth-order valence-corrected chi connectivity index (χ4v) is 17.6. The van der Waals surface area contributed by atoms with E-state index in [1.165, 1.54) is 65.5 Å². The number of benzene rings is 4. The van der Waals surface area contributed by atoms with E-state index < -0.39 is 0 Å². The molecule has 6 aliphatic rings. The number of anilines is 13. The Morgan fingerprint density at radius 3 is 1.20 bits per heavy atom. The highest BCUT2D eigenvalue weighted by molar-refractivity contribution is 7.81. The van der Waals surface area contributed by atoms with Crippen LogP contribution in [0.1, 0.15) is 118 Å². The Bertz CT molecular complexity index is 6070. The number of piperazine rings is 1. The molecule has 0 atom stereocenters. The summed E-state index contributed by atoms with van der Waals surface area (Å²) in [6.45, 7) is 23.0. The highest BCUT2D eigenvalue weighted by atomic mass is 35.5. The number of likely N-dealkylation sites (tertiary alicyclic amines) is 1. The first-order valence-electron chi connectivity index (χ1n) is 44.0. The van der Waals surface area contributed by atoms with Gasteiger partial charge in [0, 0.05) is 180 Å². The highest BCUT2D eigenvalue weighted by Crippen LogP contribution is 2.40. The van der Waals surface area contributed by atoms with Crippen molar-refractivity contribution >= 4 is 156 Å². The topological polar surface area (TPSA) is 267 Å². The van der Waals surface area contributed by atoms with Crippen LogP contribution in [0, 0.1) is 41.5 Å². The summed E-state index contributed by atoms with van der Waals surface area (Å²) in [6.07, 6.45) is 27.9. The van der Waals surface area contributed by atoms with Crippen molar-refractivity contribution in [2.24, 2.45) is 0 Å². The molecule has 0 unspecified atom stereocenters. The zero-order chi connectivity index (χ0) is 89.6. The normalized spacial score (nSPS) is 14.5. The number of fused-ring (bicyclic) bond motifs is 12. The third kappa shape index (κ3) is 23.7. The number of piperidine rings is 1. The van der Waals surface area contributed by atoms with Gasteiger partial charge in [-0.25, -0.2) is 44.9 Å². The number of nitrogens with zero attached hydrogens (tertiary/aromatic N) is 17. The SMILES string of the molecule is CCCCCc1cnc(C)c(Nc2ncc3c(n2)-c2ccc(C)cc2NC(=S)C3)c1.Cc1ccc2c(c1)NC(=S)Cc1cnc(Nc3cc(CCCN(C)C)cnc3C)nc1-2.Cc1ccc2c(c1)NC(=S)Cc1cnc(Nc3ccc(N4CCN(C)CC4)nc3)nc1-2.Cc1ncc(CCN2CCC(N(C)C)CC2)cc1Nc1ncc2c(n1)-c1ccc(Cl)cc1NC(=S)C2. The van der Waals surface area contributed by atoms with Crippen LogP contribution in [0.5, 0.6) is 0 Å². The van der Waals surface area contributed by atoms with E-state index >= 15 is 0 Å². The summed E-state index contributed by atoms with van der Waals surface area (Å²) in [6, 6.07) is 35.9. The average Bonchev–Trinajstić information content (AvgIpc) is 1.58. The van der Waals surface area contributed by atoms with Crippen LogP contribution in [-0.2, 0) is 44.9 Å². The first-order chi connectivity index (χ1) is 61.8. The van der Waals surface area contributed by atoms with Crippen molar-refractivity contribution < 1.29 is 0 Å². The molecule has 12 aromatic rings. The fourth-order valence-electron chi connectivity index (χ4n) is 16.3. The van der Waals surface area contributed by atoms with Crippen molar-refractivity contribution in [3.8, 4) is 45.0 Å². The third-order valence-corrected chi connectivity index (χ3v) is 24.9. The van der Waals surface area contributed by atoms with Crippen LogP contribution in [0.2, 0.25) is 5.02 Å². The molecule has 4 aromatic carbocycles. The number of aryl methyl sites for hydroxylation is 8. The van der Waals surface area contributed by atoms with E-state index in [1.807, 2.05) is 94.6 Å². The minimum atomic E-state index is 0.537. The van der Waals surface area contributed by atoms with Crippen molar-refractivity contribution in [3.05, 3.63) is 230 Å². The van der Waals surface area contributed by atoms with Crippen molar-refractivity contribution in [1.82, 2.24) is 79.4 Å². The maximum atomic E-state index is 6.23. The zero-order valence-corrected chi connectivity index (χ0v) is 79.0. The molecule has 0 spiro atoms. The molecular formula is C98H112ClN25S4. The van der Waals surface area contributed by atoms with E-state index in [4.69, 9.17) is 80.4 Å². The maximum Gasteiger partial charge on any atom is 0.227 e. The maximum absolute atomic E-state index is 6.23. The van der Waals surface area contributed by atoms with Crippen LogP contribution >= 0.6 is 60.5 Å². The molecular weight excluding hydrogens is 1690 g/mol. The predicted octanol–water partition coefficient (Wildman–Crippen LogP) is 19.4. The number of aromatic nitrogens is 12. The predicted molar refractivity (Wildman–Crippen MR) is 540 cm³/mol. The molecule has 6 aliphatic heterocycles. The summed E-state index contributed by atoms with van der Waals surface area (Å²) in [7, 11) is 10.7. The lowest BCUT2D eigenvalue weighted by Gasteiger charge is -2.35. The molecule has 8 N–H and O–H groups in total. The largest absolute Gasteiger partial charge is 0.354 e. The van der Waals surface area contributed by atoms with Gasteiger partial charge < -0.3 is 67.0 Å². The summed E-state index contributed by atoms with van der Waals surface area (Å²) in [5.41, 5.74) is 29.2. The van der Waals surface area contributed by atoms with Gasteiger partial charge in [-0.15, -0.1) is 0 Å². The standard InChI is InChI=1S/C27H32ClN7S.C24H28N6S.C24H27N5S.C23H25N7S/c1-17-23(12-18(15-29-17)6-9-35-10-7-21(8-11-35)34(2)3)32-27-30-16-19-13-25(36)31-24-14-20(28)4-5-22(24)26(19)33-27;1-15-7-8-19-21(10-15)27-22(31)12-18-14-26-24(29-23(18)19)28-20-11-17(13-25-16(20)2)6-5-9-30(3)4;1-4-5-6-7-17-11-20(16(3)25-13-17)28-24-26-14-18-12-22(30)27-21-10-15(2)8-9-19(21)23(18)29-24;1-15-3-5-18-19(11-15)27-21(31)12-16-13-25-23(28-22(16)18)26-17-4-6-20(24-14-17)30-9-7-29(2)8-10-30/h4-5,12,14-16,21H,6-11,13H2,1-3H3,(H,31,36)(H,30,32,33);7-8,10-11,13-14H,5-6,9,12H2,1-4H3,(H,27,31)(H,26,28,29);8-11,13-14H,4-7,12H2,1-3H3,(H,27,30)(H,26,28,29);3-6,11,13-14H,7-10,12H2,1-2H3,(H,27,31)(H,25,26,28). The Kier molecular flexibility index (Phi) is 30.1. The van der Waals surface area contributed by atoms with Crippen molar-refractivity contribution in [2.45, 2.75) is 138 Å². The molecule has 25 nitrogen and oxygen atoms in total. The molecule has 128 heavy (non-hydrogen) atoms. The van der Waals surface area contributed by atoms with E-state index in [0.29, 0.717) is 60.5 Å². The van der Waals surface area contributed by atoms with Crippen molar-refractivity contribution in [2.75, 3.05) is 135 Å². The van der Waals surface area contributed by atoms with E-state index in [0.717, 1.165) is 234 Å². The first-order valence-corrected chi connectivity index (χ1v) is 46.0. The Hall–Kier alpha value is -11.5. The number of hydrogen-bond acceptors (Lipinski definition) is 25. The summed E-state index contributed by atoms with van der Waals surface area (Å²) in [4.78, 5) is 70.9. The molecule has 2 saturated heterocycles. The monoisotopic (exact) mass is 1800 g/mol. The van der Waals surface area contributed by atoms with E-state index in [9.17, 15) is 0 Å². The summed E-state index contributed by atoms with van der Waals surface area (Å²) in [5, 5.41) is 27.5. The third-order valence-electron chi connectivity index (χ3n) is 23.6. The number of hydrogen-bond donors (Lipinski definition) is 8. The first kappa shape index (κ1) is 91.2. The zero-order valence-electron chi connectivity index (χ0n) is 75.0. The number of unbranched alkanes of at least 4 members (excludes halogenated alkanes) is 2. The van der Waals surface area contributed by atoms with E-state index in [2.05, 4.69) is 249 Å². The lowest BCUT2D eigenvalue weighted by atomic mass is 10.0. The lowest BCUT2D eigenvalue weighted by molar-refractivity contribution is 0.146. The molecule has 18 rings (SSSR count). The van der Waals surface area contributed by atoms with Crippen LogP contribution in [0.25, 0.3) is 45.0 Å². The molecule has 2 fully saturated rings. The van der Waals surface area contributed by atoms with Crippen molar-refractivity contribution in [3.63, 3.8) is 0 Å². The molecule has 0 radical (unpaired) electrons. The summed E-state index contributed by atoms with van der Waals surface area (Å²) in [5.74, 6) is 3.23. The van der Waals surface area contributed by atoms with Crippen LogP contribution in [0.15, 0.2) is 153 Å². The molecule has 0 bridgehead atoms. The highest BCUT2D eigenvalue weighted by Gasteiger charge is 2.27. The number of likely N-dealkylation sites (N-methyl/N-ethyl adjacent to an activating group) is 1. The Labute approximate surface area is 777 Å². The quantitative estimate of drug-likeness (QED) is 0.0245. The molecule has 8 aromatic heterocycles. The average molecular weight is 1800 g/mol.